The average Bonchev–Trinajstić information content (AvgIpc) is 2.79. The summed E-state index contributed by atoms with van der Waals surface area (Å²) in [7, 11) is 0. The summed E-state index contributed by atoms with van der Waals surface area (Å²) in [5.74, 6) is 1.01. The predicted octanol–water partition coefficient (Wildman–Crippen LogP) is 3.30. The van der Waals surface area contributed by atoms with Crippen LogP contribution in [-0.2, 0) is 0 Å². The number of piperidine rings is 1. The Morgan fingerprint density at radius 1 is 1.11 bits per heavy atom. The van der Waals surface area contributed by atoms with Gasteiger partial charge in [-0.1, -0.05) is 12.5 Å². The highest BCUT2D eigenvalue weighted by Gasteiger charge is 2.15. The van der Waals surface area contributed by atoms with Gasteiger partial charge in [-0.3, -0.25) is 0 Å². The Hall–Kier alpha value is -1.61. The van der Waals surface area contributed by atoms with Gasteiger partial charge in [-0.2, -0.15) is 0 Å². The molecule has 2 aromatic rings. The molecule has 0 aliphatic carbocycles. The van der Waals surface area contributed by atoms with E-state index in [1.165, 1.54) is 36.2 Å². The number of aryl methyl sites for hydroxylation is 2. The van der Waals surface area contributed by atoms with Crippen molar-refractivity contribution in [1.82, 2.24) is 14.9 Å². The third-order valence-electron chi connectivity index (χ3n) is 3.98. The molecule has 19 heavy (non-hydrogen) atoms. The lowest BCUT2D eigenvalue weighted by Crippen LogP contribution is -2.26. The van der Waals surface area contributed by atoms with Crippen molar-refractivity contribution < 1.29 is 0 Å². The zero-order valence-corrected chi connectivity index (χ0v) is 11.7. The van der Waals surface area contributed by atoms with Crippen LogP contribution in [0, 0.1) is 13.8 Å². The van der Waals surface area contributed by atoms with E-state index in [2.05, 4.69) is 53.0 Å². The number of nitrogens with one attached hydrogen (secondary N) is 1. The molecule has 1 fully saturated rings. The normalized spacial score (nSPS) is 19.6. The molecule has 3 heteroatoms. The maximum atomic E-state index is 4.64. The van der Waals surface area contributed by atoms with Gasteiger partial charge in [-0.05, 0) is 57.0 Å². The Kier molecular flexibility index (Phi) is 3.38. The van der Waals surface area contributed by atoms with Crippen molar-refractivity contribution in [3.05, 3.63) is 47.4 Å². The molecular weight excluding hydrogens is 234 g/mol. The zero-order chi connectivity index (χ0) is 13.2. The van der Waals surface area contributed by atoms with Crippen LogP contribution in [0.1, 0.15) is 42.3 Å². The number of nitrogens with zero attached hydrogens (tertiary/aromatic N) is 2. The van der Waals surface area contributed by atoms with Crippen molar-refractivity contribution in [2.45, 2.75) is 39.2 Å². The van der Waals surface area contributed by atoms with Crippen LogP contribution in [0.4, 0.5) is 0 Å². The van der Waals surface area contributed by atoms with Gasteiger partial charge >= 0.3 is 0 Å². The first-order valence-corrected chi connectivity index (χ1v) is 7.10. The summed E-state index contributed by atoms with van der Waals surface area (Å²) < 4.78 is 2.19. The number of hydrogen-bond donors (Lipinski definition) is 1. The van der Waals surface area contributed by atoms with E-state index in [1.807, 2.05) is 6.20 Å². The van der Waals surface area contributed by atoms with E-state index in [0.29, 0.717) is 6.04 Å². The summed E-state index contributed by atoms with van der Waals surface area (Å²) in [4.78, 5) is 4.64. The maximum Gasteiger partial charge on any atom is 0.136 e. The second-order valence-electron chi connectivity index (χ2n) is 5.40. The summed E-state index contributed by atoms with van der Waals surface area (Å²) >= 11 is 0. The molecule has 0 unspecified atom stereocenters. The lowest BCUT2D eigenvalue weighted by Gasteiger charge is -2.23. The first kappa shape index (κ1) is 12.4. The molecule has 1 aliphatic rings. The first-order chi connectivity index (χ1) is 9.25. The van der Waals surface area contributed by atoms with Gasteiger partial charge < -0.3 is 9.88 Å². The minimum Gasteiger partial charge on any atom is -0.310 e. The largest absolute Gasteiger partial charge is 0.310 e. The fraction of sp³-hybridized carbons (Fsp3) is 0.438. The van der Waals surface area contributed by atoms with Crippen molar-refractivity contribution in [1.29, 1.82) is 0 Å². The summed E-state index contributed by atoms with van der Waals surface area (Å²) in [5.41, 5.74) is 3.77. The Balaban J connectivity index is 1.86. The van der Waals surface area contributed by atoms with Crippen LogP contribution in [0.25, 0.3) is 5.82 Å². The van der Waals surface area contributed by atoms with Gasteiger partial charge in [0.15, 0.2) is 0 Å². The van der Waals surface area contributed by atoms with Crippen LogP contribution in [0.3, 0.4) is 0 Å². The third-order valence-corrected chi connectivity index (χ3v) is 3.98. The van der Waals surface area contributed by atoms with Gasteiger partial charge in [0.1, 0.15) is 5.82 Å². The monoisotopic (exact) mass is 255 g/mol. The van der Waals surface area contributed by atoms with Crippen molar-refractivity contribution in [2.75, 3.05) is 6.54 Å². The minimum atomic E-state index is 0.488. The fourth-order valence-corrected chi connectivity index (χ4v) is 2.90. The minimum absolute atomic E-state index is 0.488. The van der Waals surface area contributed by atoms with Crippen LogP contribution in [0.15, 0.2) is 30.5 Å². The lowest BCUT2D eigenvalue weighted by atomic mass is 9.99. The summed E-state index contributed by atoms with van der Waals surface area (Å²) in [6.07, 6.45) is 5.86. The van der Waals surface area contributed by atoms with Gasteiger partial charge in [-0.15, -0.1) is 0 Å². The van der Waals surface area contributed by atoms with E-state index >= 15 is 0 Å². The third kappa shape index (κ3) is 2.43. The molecule has 0 amide bonds. The standard InChI is InChI=1S/C16H21N3/c1-12-6-7-13(2)19(12)16-9-8-14(11-18-16)15-5-3-4-10-17-15/h6-9,11,15,17H,3-5,10H2,1-2H3/t15-/m0/s1. The molecule has 3 heterocycles. The van der Waals surface area contributed by atoms with Crippen molar-refractivity contribution in [3.8, 4) is 5.82 Å². The van der Waals surface area contributed by atoms with Crippen LogP contribution < -0.4 is 5.32 Å². The molecule has 0 spiro atoms. The predicted molar refractivity (Wildman–Crippen MR) is 77.6 cm³/mol. The van der Waals surface area contributed by atoms with Crippen molar-refractivity contribution in [3.63, 3.8) is 0 Å². The SMILES string of the molecule is Cc1ccc(C)n1-c1ccc([C@@H]2CCCCN2)cn1. The van der Waals surface area contributed by atoms with E-state index in [1.54, 1.807) is 0 Å². The highest BCUT2D eigenvalue weighted by Crippen LogP contribution is 2.23. The quantitative estimate of drug-likeness (QED) is 0.892. The van der Waals surface area contributed by atoms with Crippen LogP contribution in [0.2, 0.25) is 0 Å². The fourth-order valence-electron chi connectivity index (χ4n) is 2.90. The summed E-state index contributed by atoms with van der Waals surface area (Å²) in [6.45, 7) is 5.36. The second kappa shape index (κ2) is 5.17. The van der Waals surface area contributed by atoms with Gasteiger partial charge in [0.05, 0.1) is 0 Å². The molecule has 3 rings (SSSR count). The molecule has 100 valence electrons. The van der Waals surface area contributed by atoms with Crippen molar-refractivity contribution >= 4 is 0 Å². The van der Waals surface area contributed by atoms with Gasteiger partial charge in [0, 0.05) is 23.6 Å². The topological polar surface area (TPSA) is 29.9 Å². The number of rotatable bonds is 2. The molecule has 1 saturated heterocycles. The van der Waals surface area contributed by atoms with E-state index in [9.17, 15) is 0 Å². The number of hydrogen-bond acceptors (Lipinski definition) is 2. The second-order valence-corrected chi connectivity index (χ2v) is 5.40. The van der Waals surface area contributed by atoms with Crippen LogP contribution in [-0.4, -0.2) is 16.1 Å². The number of pyridine rings is 1. The Morgan fingerprint density at radius 3 is 2.47 bits per heavy atom. The van der Waals surface area contributed by atoms with Crippen LogP contribution in [0.5, 0.6) is 0 Å². The van der Waals surface area contributed by atoms with E-state index in [-0.39, 0.29) is 0 Å². The molecule has 0 aromatic carbocycles. The zero-order valence-electron chi connectivity index (χ0n) is 11.7. The maximum absolute atomic E-state index is 4.64. The van der Waals surface area contributed by atoms with E-state index < -0.39 is 0 Å². The molecule has 0 radical (unpaired) electrons. The Bertz CT molecular complexity index is 528. The Morgan fingerprint density at radius 2 is 1.89 bits per heavy atom. The lowest BCUT2D eigenvalue weighted by molar-refractivity contribution is 0.411. The van der Waals surface area contributed by atoms with E-state index in [0.717, 1.165) is 12.4 Å². The van der Waals surface area contributed by atoms with Gasteiger partial charge in [-0.25, -0.2) is 4.98 Å². The summed E-state index contributed by atoms with van der Waals surface area (Å²) in [6, 6.07) is 9.10. The molecule has 1 N–H and O–H groups in total. The highest BCUT2D eigenvalue weighted by molar-refractivity contribution is 5.33. The highest BCUT2D eigenvalue weighted by atomic mass is 15.1. The molecule has 0 bridgehead atoms. The molecule has 0 saturated carbocycles. The summed E-state index contributed by atoms with van der Waals surface area (Å²) in [5, 5.41) is 3.57. The van der Waals surface area contributed by atoms with Gasteiger partial charge in [0.2, 0.25) is 0 Å². The van der Waals surface area contributed by atoms with Gasteiger partial charge in [0.25, 0.3) is 0 Å². The molecule has 1 atom stereocenters. The molecule has 1 aliphatic heterocycles. The van der Waals surface area contributed by atoms with E-state index in [4.69, 9.17) is 0 Å². The molecule has 2 aromatic heterocycles. The smallest absolute Gasteiger partial charge is 0.136 e. The molecular formula is C16H21N3. The van der Waals surface area contributed by atoms with Crippen LogP contribution >= 0.6 is 0 Å². The average molecular weight is 255 g/mol. The van der Waals surface area contributed by atoms with Crippen molar-refractivity contribution in [2.24, 2.45) is 0 Å². The number of aromatic nitrogens is 2. The molecule has 3 nitrogen and oxygen atoms in total. The Labute approximate surface area is 114 Å². The first-order valence-electron chi connectivity index (χ1n) is 7.10.